The molecular formula is C16H19BrN2O. The number of rotatable bonds is 5. The molecule has 0 aliphatic rings. The maximum absolute atomic E-state index is 5.73. The van der Waals surface area contributed by atoms with Crippen molar-refractivity contribution in [2.24, 2.45) is 5.73 Å². The fourth-order valence-electron chi connectivity index (χ4n) is 2.33. The third-order valence-corrected chi connectivity index (χ3v) is 3.80. The van der Waals surface area contributed by atoms with E-state index in [0.29, 0.717) is 6.54 Å². The molecule has 0 aliphatic heterocycles. The van der Waals surface area contributed by atoms with Gasteiger partial charge in [-0.3, -0.25) is 0 Å². The Bertz CT molecular complexity index is 586. The number of halogens is 1. The van der Waals surface area contributed by atoms with E-state index in [1.54, 1.807) is 7.11 Å². The summed E-state index contributed by atoms with van der Waals surface area (Å²) in [4.78, 5) is 0. The number of methoxy groups -OCH3 is 1. The molecule has 0 amide bonds. The number of nitrogens with one attached hydrogen (secondary N) is 1. The van der Waals surface area contributed by atoms with Gasteiger partial charge in [0.15, 0.2) is 0 Å². The van der Waals surface area contributed by atoms with Gasteiger partial charge in [0, 0.05) is 16.6 Å². The number of benzene rings is 2. The van der Waals surface area contributed by atoms with Crippen LogP contribution < -0.4 is 15.8 Å². The minimum absolute atomic E-state index is 0.0638. The predicted octanol–water partition coefficient (Wildman–Crippen LogP) is 3.23. The molecule has 20 heavy (non-hydrogen) atoms. The van der Waals surface area contributed by atoms with Crippen LogP contribution in [-0.4, -0.2) is 14.2 Å². The van der Waals surface area contributed by atoms with Gasteiger partial charge in [-0.15, -0.1) is 0 Å². The van der Waals surface area contributed by atoms with Gasteiger partial charge in [0.2, 0.25) is 0 Å². The second-order valence-electron chi connectivity index (χ2n) is 4.56. The molecule has 1 atom stereocenters. The van der Waals surface area contributed by atoms with Gasteiger partial charge in [-0.2, -0.15) is 0 Å². The van der Waals surface area contributed by atoms with Crippen molar-refractivity contribution in [2.45, 2.75) is 12.6 Å². The first-order valence-electron chi connectivity index (χ1n) is 6.49. The lowest BCUT2D eigenvalue weighted by Crippen LogP contribution is -2.18. The zero-order valence-corrected chi connectivity index (χ0v) is 13.3. The Morgan fingerprint density at radius 1 is 1.25 bits per heavy atom. The molecule has 2 aromatic rings. The van der Waals surface area contributed by atoms with Crippen molar-refractivity contribution in [3.05, 3.63) is 63.6 Å². The zero-order chi connectivity index (χ0) is 14.5. The quantitative estimate of drug-likeness (QED) is 0.882. The van der Waals surface area contributed by atoms with E-state index in [1.807, 2.05) is 31.3 Å². The predicted molar refractivity (Wildman–Crippen MR) is 85.9 cm³/mol. The first-order valence-corrected chi connectivity index (χ1v) is 7.28. The van der Waals surface area contributed by atoms with Crippen LogP contribution in [0.2, 0.25) is 0 Å². The Hall–Kier alpha value is -1.36. The van der Waals surface area contributed by atoms with Gasteiger partial charge in [0.05, 0.1) is 13.2 Å². The van der Waals surface area contributed by atoms with Crippen LogP contribution >= 0.6 is 15.9 Å². The van der Waals surface area contributed by atoms with Crippen molar-refractivity contribution in [3.63, 3.8) is 0 Å². The molecule has 0 bridgehead atoms. The summed E-state index contributed by atoms with van der Waals surface area (Å²) in [5, 5.41) is 3.35. The standard InChI is InChI=1S/C16H19BrN2O/c1-19-16(12-5-3-4-11(8-12)10-18)14-9-13(17)6-7-15(14)20-2/h3-9,16,19H,10,18H2,1-2H3. The third-order valence-electron chi connectivity index (χ3n) is 3.31. The molecule has 0 spiro atoms. The zero-order valence-electron chi connectivity index (χ0n) is 11.7. The largest absolute Gasteiger partial charge is 0.496 e. The van der Waals surface area contributed by atoms with Crippen molar-refractivity contribution >= 4 is 15.9 Å². The summed E-state index contributed by atoms with van der Waals surface area (Å²) >= 11 is 3.52. The van der Waals surface area contributed by atoms with Gasteiger partial charge in [-0.05, 0) is 36.4 Å². The van der Waals surface area contributed by atoms with Crippen LogP contribution in [0.3, 0.4) is 0 Å². The minimum Gasteiger partial charge on any atom is -0.496 e. The lowest BCUT2D eigenvalue weighted by molar-refractivity contribution is 0.405. The second-order valence-corrected chi connectivity index (χ2v) is 5.47. The van der Waals surface area contributed by atoms with E-state index in [9.17, 15) is 0 Å². The Kier molecular flexibility index (Phi) is 5.17. The molecule has 106 valence electrons. The monoisotopic (exact) mass is 334 g/mol. The summed E-state index contributed by atoms with van der Waals surface area (Å²) in [6, 6.07) is 14.4. The Morgan fingerprint density at radius 3 is 2.70 bits per heavy atom. The molecule has 0 radical (unpaired) electrons. The van der Waals surface area contributed by atoms with E-state index in [-0.39, 0.29) is 6.04 Å². The van der Waals surface area contributed by atoms with E-state index >= 15 is 0 Å². The fourth-order valence-corrected chi connectivity index (χ4v) is 2.71. The van der Waals surface area contributed by atoms with E-state index in [0.717, 1.165) is 21.3 Å². The van der Waals surface area contributed by atoms with Crippen molar-refractivity contribution in [3.8, 4) is 5.75 Å². The summed E-state index contributed by atoms with van der Waals surface area (Å²) in [5.41, 5.74) is 9.12. The second kappa shape index (κ2) is 6.88. The summed E-state index contributed by atoms with van der Waals surface area (Å²) in [5.74, 6) is 0.866. The van der Waals surface area contributed by atoms with Crippen LogP contribution in [-0.2, 0) is 6.54 Å². The van der Waals surface area contributed by atoms with Crippen molar-refractivity contribution in [1.29, 1.82) is 0 Å². The average Bonchev–Trinajstić information content (AvgIpc) is 2.48. The maximum atomic E-state index is 5.73. The Labute approximate surface area is 128 Å². The first-order chi connectivity index (χ1) is 9.69. The summed E-state index contributed by atoms with van der Waals surface area (Å²) in [6.07, 6.45) is 0. The molecule has 0 aliphatic carbocycles. The smallest absolute Gasteiger partial charge is 0.124 e. The Balaban J connectivity index is 2.48. The van der Waals surface area contributed by atoms with Gasteiger partial charge in [-0.25, -0.2) is 0 Å². The van der Waals surface area contributed by atoms with Crippen molar-refractivity contribution < 1.29 is 4.74 Å². The highest BCUT2D eigenvalue weighted by Crippen LogP contribution is 2.32. The van der Waals surface area contributed by atoms with Crippen molar-refractivity contribution in [2.75, 3.05) is 14.2 Å². The fraction of sp³-hybridized carbons (Fsp3) is 0.250. The number of hydrogen-bond acceptors (Lipinski definition) is 3. The lowest BCUT2D eigenvalue weighted by Gasteiger charge is -2.21. The molecule has 0 aromatic heterocycles. The normalized spacial score (nSPS) is 12.2. The van der Waals surface area contributed by atoms with E-state index in [1.165, 1.54) is 5.56 Å². The lowest BCUT2D eigenvalue weighted by atomic mass is 9.96. The van der Waals surface area contributed by atoms with Gasteiger partial charge in [0.25, 0.3) is 0 Å². The third kappa shape index (κ3) is 3.20. The van der Waals surface area contributed by atoms with Crippen LogP contribution in [0.1, 0.15) is 22.7 Å². The topological polar surface area (TPSA) is 47.3 Å². The number of nitrogens with two attached hydrogens (primary N) is 1. The Morgan fingerprint density at radius 2 is 2.05 bits per heavy atom. The number of hydrogen-bond donors (Lipinski definition) is 2. The summed E-state index contributed by atoms with van der Waals surface area (Å²) in [7, 11) is 3.63. The van der Waals surface area contributed by atoms with Gasteiger partial charge in [0.1, 0.15) is 5.75 Å². The number of ether oxygens (including phenoxy) is 1. The molecule has 0 saturated heterocycles. The van der Waals surface area contributed by atoms with Crippen LogP contribution in [0.5, 0.6) is 5.75 Å². The summed E-state index contributed by atoms with van der Waals surface area (Å²) < 4.78 is 6.51. The molecule has 0 fully saturated rings. The first kappa shape index (κ1) is 15.0. The van der Waals surface area contributed by atoms with E-state index < -0.39 is 0 Å². The highest BCUT2D eigenvalue weighted by atomic mass is 79.9. The molecule has 1 unspecified atom stereocenters. The van der Waals surface area contributed by atoms with Crippen LogP contribution in [0.15, 0.2) is 46.9 Å². The maximum Gasteiger partial charge on any atom is 0.124 e. The SMILES string of the molecule is CNC(c1cccc(CN)c1)c1cc(Br)ccc1OC. The van der Waals surface area contributed by atoms with Gasteiger partial charge in [-0.1, -0.05) is 40.2 Å². The molecule has 3 nitrogen and oxygen atoms in total. The highest BCUT2D eigenvalue weighted by molar-refractivity contribution is 9.10. The van der Waals surface area contributed by atoms with E-state index in [2.05, 4.69) is 39.4 Å². The molecule has 3 N–H and O–H groups in total. The highest BCUT2D eigenvalue weighted by Gasteiger charge is 2.17. The molecule has 2 rings (SSSR count). The average molecular weight is 335 g/mol. The van der Waals surface area contributed by atoms with Gasteiger partial charge < -0.3 is 15.8 Å². The van der Waals surface area contributed by atoms with Crippen LogP contribution in [0, 0.1) is 0 Å². The summed E-state index contributed by atoms with van der Waals surface area (Å²) in [6.45, 7) is 0.542. The molecule has 0 saturated carbocycles. The molecule has 0 heterocycles. The minimum atomic E-state index is 0.0638. The molecular weight excluding hydrogens is 316 g/mol. The van der Waals surface area contributed by atoms with Crippen LogP contribution in [0.25, 0.3) is 0 Å². The van der Waals surface area contributed by atoms with Gasteiger partial charge >= 0.3 is 0 Å². The molecule has 2 aromatic carbocycles. The molecule has 4 heteroatoms. The van der Waals surface area contributed by atoms with E-state index in [4.69, 9.17) is 10.5 Å². The van der Waals surface area contributed by atoms with Crippen molar-refractivity contribution in [1.82, 2.24) is 5.32 Å². The van der Waals surface area contributed by atoms with Crippen LogP contribution in [0.4, 0.5) is 0 Å².